The number of benzene rings is 1. The Kier molecular flexibility index (Phi) is 10.5. The minimum absolute atomic E-state index is 0.0237. The number of carbonyl (C=O) groups excluding carboxylic acids is 8. The molecule has 0 spiro atoms. The van der Waals surface area contributed by atoms with Crippen molar-refractivity contribution in [1.82, 2.24) is 20.4 Å². The maximum absolute atomic E-state index is 13.4. The molecule has 0 radical (unpaired) electrons. The Balaban J connectivity index is 1.21. The summed E-state index contributed by atoms with van der Waals surface area (Å²) in [6, 6.07) is 1.71. The number of anilines is 1. The number of hydrogen-bond acceptors (Lipinski definition) is 14. The second kappa shape index (κ2) is 14.5. The molecular formula is C33H41N9O11. The van der Waals surface area contributed by atoms with Gasteiger partial charge in [-0.2, -0.15) is 0 Å². The van der Waals surface area contributed by atoms with Gasteiger partial charge in [-0.3, -0.25) is 33.7 Å². The highest BCUT2D eigenvalue weighted by atomic mass is 16.6. The molecule has 284 valence electrons. The molecule has 0 aromatic heterocycles. The fourth-order valence-electron chi connectivity index (χ4n) is 6.98. The molecule has 6 amide bonds. The van der Waals surface area contributed by atoms with E-state index in [0.29, 0.717) is 5.56 Å². The molecule has 1 aromatic rings. The van der Waals surface area contributed by atoms with Gasteiger partial charge in [-0.15, -0.1) is 0 Å². The number of methoxy groups -OCH3 is 1. The molecule has 0 bridgehead atoms. The predicted molar refractivity (Wildman–Crippen MR) is 181 cm³/mol. The van der Waals surface area contributed by atoms with Crippen molar-refractivity contribution in [1.29, 1.82) is 0 Å². The lowest BCUT2D eigenvalue weighted by Gasteiger charge is -2.40. The number of carbonyl (C=O) groups is 8. The first-order valence-corrected chi connectivity index (χ1v) is 16.5. The Morgan fingerprint density at radius 2 is 1.62 bits per heavy atom. The Hall–Kier alpha value is -6.02. The maximum Gasteiger partial charge on any atom is 0.410 e. The molecule has 1 unspecified atom stereocenters. The third-order valence-electron chi connectivity index (χ3n) is 9.69. The summed E-state index contributed by atoms with van der Waals surface area (Å²) in [5, 5.41) is 7.37. The number of ketones is 2. The van der Waals surface area contributed by atoms with Crippen LogP contribution in [0.5, 0.6) is 0 Å². The van der Waals surface area contributed by atoms with E-state index >= 15 is 0 Å². The first-order valence-electron chi connectivity index (χ1n) is 16.5. The average Bonchev–Trinajstić information content (AvgIpc) is 3.62. The van der Waals surface area contributed by atoms with Gasteiger partial charge in [-0.05, 0) is 38.5 Å². The lowest BCUT2D eigenvalue weighted by Crippen LogP contribution is -2.56. The molecule has 4 aliphatic rings. The van der Waals surface area contributed by atoms with Crippen molar-refractivity contribution in [3.05, 3.63) is 52.4 Å². The van der Waals surface area contributed by atoms with Gasteiger partial charge in [-0.1, -0.05) is 12.1 Å². The minimum atomic E-state index is -1.46. The van der Waals surface area contributed by atoms with Crippen LogP contribution in [0.15, 0.2) is 46.8 Å². The number of nitrogens with zero attached hydrogens (tertiary/aromatic N) is 2. The molecule has 11 N–H and O–H groups in total. The molecular weight excluding hydrogens is 698 g/mol. The highest BCUT2D eigenvalue weighted by Gasteiger charge is 2.78. The van der Waals surface area contributed by atoms with E-state index in [4.69, 9.17) is 37.1 Å². The van der Waals surface area contributed by atoms with Gasteiger partial charge < -0.3 is 58.0 Å². The van der Waals surface area contributed by atoms with Crippen molar-refractivity contribution < 1.29 is 52.6 Å². The summed E-state index contributed by atoms with van der Waals surface area (Å²) in [6.07, 6.45) is -2.34. The first-order chi connectivity index (χ1) is 24.9. The Morgan fingerprint density at radius 3 is 2.21 bits per heavy atom. The van der Waals surface area contributed by atoms with Gasteiger partial charge in [0.2, 0.25) is 35.2 Å². The predicted octanol–water partition coefficient (Wildman–Crippen LogP) is -2.45. The van der Waals surface area contributed by atoms with Crippen LogP contribution >= 0.6 is 0 Å². The molecule has 2 saturated heterocycles. The lowest BCUT2D eigenvalue weighted by molar-refractivity contribution is -0.144. The molecule has 0 saturated carbocycles. The molecule has 3 aliphatic heterocycles. The molecule has 3 heterocycles. The number of ether oxygens (including phenoxy) is 3. The second-order valence-corrected chi connectivity index (χ2v) is 13.1. The van der Waals surface area contributed by atoms with E-state index in [1.165, 1.54) is 44.9 Å². The summed E-state index contributed by atoms with van der Waals surface area (Å²) in [5.41, 5.74) is 21.3. The molecule has 53 heavy (non-hydrogen) atoms. The minimum Gasteiger partial charge on any atom is -0.449 e. The quantitative estimate of drug-likeness (QED) is 0.0816. The van der Waals surface area contributed by atoms with E-state index in [0.717, 1.165) is 0 Å². The summed E-state index contributed by atoms with van der Waals surface area (Å²) in [5.74, 6) is -5.01. The number of rotatable bonds is 13. The molecule has 2 fully saturated rings. The topological polar surface area (TPSA) is 311 Å². The van der Waals surface area contributed by atoms with Gasteiger partial charge in [0.1, 0.15) is 31.3 Å². The fourth-order valence-corrected chi connectivity index (χ4v) is 6.98. The normalized spacial score (nSPS) is 24.4. The van der Waals surface area contributed by atoms with Crippen LogP contribution in [0.1, 0.15) is 32.8 Å². The monoisotopic (exact) mass is 739 g/mol. The van der Waals surface area contributed by atoms with Crippen molar-refractivity contribution in [2.75, 3.05) is 25.6 Å². The van der Waals surface area contributed by atoms with E-state index in [-0.39, 0.29) is 41.4 Å². The van der Waals surface area contributed by atoms with E-state index in [9.17, 15) is 38.4 Å². The lowest BCUT2D eigenvalue weighted by atomic mass is 9.82. The van der Waals surface area contributed by atoms with E-state index in [1.807, 2.05) is 0 Å². The summed E-state index contributed by atoms with van der Waals surface area (Å²) < 4.78 is 16.7. The number of nitrogens with one attached hydrogen (secondary N) is 3. The van der Waals surface area contributed by atoms with Crippen molar-refractivity contribution >= 4 is 53.1 Å². The van der Waals surface area contributed by atoms with Crippen LogP contribution in [0.2, 0.25) is 0 Å². The third kappa shape index (κ3) is 6.97. The van der Waals surface area contributed by atoms with Gasteiger partial charge in [0.25, 0.3) is 0 Å². The standard InChI is InChI=1S/C33H41N9O11/c1-13-23(36)26(45)22-18(12-52-31(37)49)33(51-4)27-20(10-41(33)24(22)25(13)44)42(27)32(50)53-11-16-5-7-17(8-6-16)39-30(48)19(9-21(35)43)40-29(47)15(3)38-28(46)14(2)34/h5-8,14-15,18-20,27H,9-12,34,36H2,1-4H3,(H2,35,43)(H2,37,49)(H,38,46)(H,39,48)(H,40,47)/t14-,15-,18+,19-,20-,27?,33+,42?/m0/s1. The largest absolute Gasteiger partial charge is 0.449 e. The average molecular weight is 740 g/mol. The molecule has 20 nitrogen and oxygen atoms in total. The first kappa shape index (κ1) is 38.2. The van der Waals surface area contributed by atoms with Gasteiger partial charge >= 0.3 is 12.2 Å². The van der Waals surface area contributed by atoms with Gasteiger partial charge in [0, 0.05) is 30.5 Å². The van der Waals surface area contributed by atoms with Gasteiger partial charge in [-0.25, -0.2) is 9.59 Å². The number of piperazine rings is 1. The maximum atomic E-state index is 13.4. The van der Waals surface area contributed by atoms with Crippen molar-refractivity contribution in [2.24, 2.45) is 28.9 Å². The fraction of sp³-hybridized carbons (Fsp3) is 0.455. The number of amides is 6. The van der Waals surface area contributed by atoms with Gasteiger partial charge in [0.05, 0.1) is 35.8 Å². The zero-order chi connectivity index (χ0) is 39.1. The van der Waals surface area contributed by atoms with Crippen LogP contribution in [0.4, 0.5) is 15.3 Å². The molecule has 1 aromatic carbocycles. The van der Waals surface area contributed by atoms with E-state index in [1.54, 1.807) is 17.0 Å². The SMILES string of the molecule is CO[C@]12C3[C@H](CN1C1=C(C(=O)C(N)=C(C)C1=O)[C@H]2COC(N)=O)N3C(=O)OCc1ccc(NC(=O)[C@H](CC(N)=O)NC(=O)[C@H](C)NC(=O)[C@H](C)N)cc1. The van der Waals surface area contributed by atoms with Crippen LogP contribution in [0.25, 0.3) is 0 Å². The third-order valence-corrected chi connectivity index (χ3v) is 9.69. The Morgan fingerprint density at radius 1 is 0.962 bits per heavy atom. The molecule has 5 rings (SSSR count). The summed E-state index contributed by atoms with van der Waals surface area (Å²) in [4.78, 5) is 104. The summed E-state index contributed by atoms with van der Waals surface area (Å²) in [6.45, 7) is 3.78. The second-order valence-electron chi connectivity index (χ2n) is 13.1. The van der Waals surface area contributed by atoms with Crippen molar-refractivity contribution in [2.45, 2.75) is 69.7 Å². The van der Waals surface area contributed by atoms with Crippen LogP contribution in [-0.2, 0) is 49.6 Å². The van der Waals surface area contributed by atoms with Crippen LogP contribution < -0.4 is 38.9 Å². The van der Waals surface area contributed by atoms with E-state index in [2.05, 4.69) is 16.0 Å². The number of nitrogens with two attached hydrogens (primary N) is 4. The van der Waals surface area contributed by atoms with Crippen LogP contribution in [0.3, 0.4) is 0 Å². The highest BCUT2D eigenvalue weighted by Crippen LogP contribution is 2.59. The Bertz CT molecular complexity index is 1840. The van der Waals surface area contributed by atoms with Crippen molar-refractivity contribution in [3.63, 3.8) is 0 Å². The smallest absolute Gasteiger partial charge is 0.410 e. The number of allylic oxidation sites excluding steroid dienone is 2. The van der Waals surface area contributed by atoms with Crippen LogP contribution in [0, 0.1) is 5.92 Å². The number of fused-ring (bicyclic) bond motifs is 4. The molecule has 20 heteroatoms. The van der Waals surface area contributed by atoms with E-state index < -0.39 is 102 Å². The zero-order valence-electron chi connectivity index (χ0n) is 29.3. The Labute approximate surface area is 302 Å². The van der Waals surface area contributed by atoms with Crippen LogP contribution in [-0.4, -0.2) is 113 Å². The number of Topliss-reactive ketones (excluding diaryl/α,β-unsaturated/α-hetero) is 2. The number of primary amides is 2. The van der Waals surface area contributed by atoms with Gasteiger partial charge in [0.15, 0.2) is 5.72 Å². The zero-order valence-corrected chi connectivity index (χ0v) is 29.3. The molecule has 7 atom stereocenters. The summed E-state index contributed by atoms with van der Waals surface area (Å²) in [7, 11) is 1.36. The highest BCUT2D eigenvalue weighted by molar-refractivity contribution is 6.25. The number of hydrogen-bond donors (Lipinski definition) is 7. The summed E-state index contributed by atoms with van der Waals surface area (Å²) >= 11 is 0. The molecule has 1 aliphatic carbocycles. The van der Waals surface area contributed by atoms with Crippen molar-refractivity contribution in [3.8, 4) is 0 Å².